The summed E-state index contributed by atoms with van der Waals surface area (Å²) in [4.78, 5) is 63.0. The molecule has 11 nitrogen and oxygen atoms in total. The van der Waals surface area contributed by atoms with Gasteiger partial charge in [0.15, 0.2) is 0 Å². The second-order valence-electron chi connectivity index (χ2n) is 11.7. The molecule has 220 valence electrons. The number of anilines is 1. The van der Waals surface area contributed by atoms with Gasteiger partial charge in [-0.1, -0.05) is 11.3 Å². The van der Waals surface area contributed by atoms with E-state index in [1.807, 2.05) is 30.9 Å². The number of pyridine rings is 1. The summed E-state index contributed by atoms with van der Waals surface area (Å²) < 4.78 is 0. The van der Waals surface area contributed by atoms with Crippen LogP contribution in [0.5, 0.6) is 0 Å². The maximum atomic E-state index is 13.9. The lowest BCUT2D eigenvalue weighted by Crippen LogP contribution is -2.56. The van der Waals surface area contributed by atoms with Crippen LogP contribution in [0, 0.1) is 12.3 Å². The number of amides is 5. The standard InChI is InChI=1S/C29H39N7O4S/c1-3-30-28(40)32-24-22(21-9-8-19(2)31-23(21)41-24)25(37)33-16-10-20(11-17-33)34-13-7-12-29(18-34)26(38)35-14-5-4-6-15-36(35)27(29)39/h8-9,20H,3-7,10-18H2,1-2H3,(H2,30,32,40). The first kappa shape index (κ1) is 27.9. The molecule has 12 heteroatoms. The van der Waals surface area contributed by atoms with E-state index in [2.05, 4.69) is 20.5 Å². The third-order valence-electron chi connectivity index (χ3n) is 9.08. The molecular formula is C29H39N7O4S. The summed E-state index contributed by atoms with van der Waals surface area (Å²) in [5, 5.41) is 10.3. The number of rotatable bonds is 4. The Hall–Kier alpha value is -3.25. The van der Waals surface area contributed by atoms with Gasteiger partial charge in [-0.05, 0) is 77.5 Å². The van der Waals surface area contributed by atoms with E-state index in [1.165, 1.54) is 11.3 Å². The molecule has 2 N–H and O–H groups in total. The van der Waals surface area contributed by atoms with Gasteiger partial charge >= 0.3 is 6.03 Å². The first-order valence-corrected chi connectivity index (χ1v) is 15.8. The maximum absolute atomic E-state index is 13.9. The molecule has 0 unspecified atom stereocenters. The van der Waals surface area contributed by atoms with Gasteiger partial charge in [0, 0.05) is 56.4 Å². The number of urea groups is 1. The first-order chi connectivity index (χ1) is 19.8. The van der Waals surface area contributed by atoms with Gasteiger partial charge in [0.05, 0.1) is 5.56 Å². The molecule has 0 saturated carbocycles. The topological polar surface area (TPSA) is 118 Å². The van der Waals surface area contributed by atoms with Gasteiger partial charge in [-0.15, -0.1) is 0 Å². The Bertz CT molecular complexity index is 1340. The number of hydrogen-bond acceptors (Lipinski definition) is 7. The van der Waals surface area contributed by atoms with Gasteiger partial charge in [-0.25, -0.2) is 9.78 Å². The summed E-state index contributed by atoms with van der Waals surface area (Å²) in [7, 11) is 0. The van der Waals surface area contributed by atoms with Crippen LogP contribution in [0.4, 0.5) is 9.80 Å². The zero-order chi connectivity index (χ0) is 28.7. The van der Waals surface area contributed by atoms with E-state index in [4.69, 9.17) is 0 Å². The van der Waals surface area contributed by atoms with Crippen LogP contribution >= 0.6 is 11.3 Å². The molecule has 6 heterocycles. The predicted octanol–water partition coefficient (Wildman–Crippen LogP) is 3.20. The minimum atomic E-state index is -0.955. The predicted molar refractivity (Wildman–Crippen MR) is 156 cm³/mol. The molecule has 4 fully saturated rings. The highest BCUT2D eigenvalue weighted by molar-refractivity contribution is 7.23. The second kappa shape index (κ2) is 11.2. The highest BCUT2D eigenvalue weighted by atomic mass is 32.1. The van der Waals surface area contributed by atoms with Crippen molar-refractivity contribution in [2.75, 3.05) is 51.1 Å². The Labute approximate surface area is 244 Å². The van der Waals surface area contributed by atoms with E-state index in [-0.39, 0.29) is 29.8 Å². The molecule has 0 aromatic carbocycles. The number of nitrogens with one attached hydrogen (secondary N) is 2. The molecule has 4 aliphatic heterocycles. The van der Waals surface area contributed by atoms with E-state index in [0.717, 1.165) is 61.0 Å². The third-order valence-corrected chi connectivity index (χ3v) is 10.1. The van der Waals surface area contributed by atoms with Gasteiger partial charge in [0.25, 0.3) is 17.7 Å². The van der Waals surface area contributed by atoms with E-state index in [0.29, 0.717) is 56.3 Å². The fraction of sp³-hybridized carbons (Fsp3) is 0.621. The van der Waals surface area contributed by atoms with Crippen LogP contribution in [0.1, 0.15) is 67.9 Å². The molecule has 4 saturated heterocycles. The Balaban J connectivity index is 1.16. The van der Waals surface area contributed by atoms with Crippen molar-refractivity contribution in [2.24, 2.45) is 5.41 Å². The van der Waals surface area contributed by atoms with Crippen molar-refractivity contribution < 1.29 is 19.2 Å². The molecule has 1 spiro atoms. The fourth-order valence-electron chi connectivity index (χ4n) is 6.97. The molecule has 5 amide bonds. The number of aryl methyl sites for hydroxylation is 1. The molecule has 0 atom stereocenters. The van der Waals surface area contributed by atoms with E-state index >= 15 is 0 Å². The van der Waals surface area contributed by atoms with Crippen molar-refractivity contribution in [3.63, 3.8) is 0 Å². The zero-order valence-corrected chi connectivity index (χ0v) is 24.7. The van der Waals surface area contributed by atoms with Crippen LogP contribution < -0.4 is 10.6 Å². The molecule has 0 aliphatic carbocycles. The largest absolute Gasteiger partial charge is 0.338 e. The molecule has 0 radical (unpaired) electrons. The minimum Gasteiger partial charge on any atom is -0.338 e. The highest BCUT2D eigenvalue weighted by Gasteiger charge is 2.60. The third kappa shape index (κ3) is 4.94. The normalized spacial score (nSPS) is 21.9. The average Bonchev–Trinajstić information content (AvgIpc) is 3.25. The summed E-state index contributed by atoms with van der Waals surface area (Å²) >= 11 is 1.32. The monoisotopic (exact) mass is 581 g/mol. The number of hydrazine groups is 1. The number of hydrogen-bond donors (Lipinski definition) is 2. The summed E-state index contributed by atoms with van der Waals surface area (Å²) in [5.41, 5.74) is 0.385. The van der Waals surface area contributed by atoms with E-state index < -0.39 is 5.41 Å². The molecule has 4 aliphatic rings. The van der Waals surface area contributed by atoms with Gasteiger partial charge in [0.2, 0.25) is 0 Å². The summed E-state index contributed by atoms with van der Waals surface area (Å²) in [6.07, 6.45) is 5.91. The number of carbonyl (C=O) groups excluding carboxylic acids is 4. The van der Waals surface area contributed by atoms with E-state index in [9.17, 15) is 19.2 Å². The zero-order valence-electron chi connectivity index (χ0n) is 23.9. The van der Waals surface area contributed by atoms with Crippen molar-refractivity contribution >= 4 is 50.3 Å². The Morgan fingerprint density at radius 2 is 1.71 bits per heavy atom. The number of aromatic nitrogens is 1. The van der Waals surface area contributed by atoms with Gasteiger partial charge in [0.1, 0.15) is 15.2 Å². The van der Waals surface area contributed by atoms with Gasteiger partial charge in [-0.2, -0.15) is 0 Å². The van der Waals surface area contributed by atoms with Gasteiger partial charge in [-0.3, -0.25) is 34.6 Å². The summed E-state index contributed by atoms with van der Waals surface area (Å²) in [6.45, 7) is 7.98. The van der Waals surface area contributed by atoms with Gasteiger partial charge < -0.3 is 10.2 Å². The Morgan fingerprint density at radius 1 is 1.00 bits per heavy atom. The molecule has 0 bridgehead atoms. The molecule has 2 aromatic rings. The number of piperidine rings is 2. The van der Waals surface area contributed by atoms with Crippen LogP contribution in [-0.4, -0.2) is 100 Å². The average molecular weight is 582 g/mol. The van der Waals surface area contributed by atoms with Crippen molar-refractivity contribution in [2.45, 2.75) is 64.8 Å². The number of thiophene rings is 1. The van der Waals surface area contributed by atoms with Crippen LogP contribution in [0.2, 0.25) is 0 Å². The lowest BCUT2D eigenvalue weighted by Gasteiger charge is -2.44. The summed E-state index contributed by atoms with van der Waals surface area (Å²) in [5.74, 6) is -0.131. The minimum absolute atomic E-state index is 0.0120. The summed E-state index contributed by atoms with van der Waals surface area (Å²) in [6, 6.07) is 3.66. The highest BCUT2D eigenvalue weighted by Crippen LogP contribution is 2.42. The Morgan fingerprint density at radius 3 is 2.39 bits per heavy atom. The van der Waals surface area contributed by atoms with Crippen LogP contribution in [-0.2, 0) is 9.59 Å². The SMILES string of the molecule is CCNC(=O)Nc1sc2nc(C)ccc2c1C(=O)N1CCC(N2CCCC3(C2)C(=O)N2CCCCCN2C3=O)CC1. The van der Waals surface area contributed by atoms with Crippen molar-refractivity contribution in [1.82, 2.24) is 30.1 Å². The number of carbonyl (C=O) groups is 4. The number of fused-ring (bicyclic) bond motifs is 2. The van der Waals surface area contributed by atoms with E-state index in [1.54, 1.807) is 10.0 Å². The first-order valence-electron chi connectivity index (χ1n) is 14.9. The maximum Gasteiger partial charge on any atom is 0.319 e. The van der Waals surface area contributed by atoms with Crippen molar-refractivity contribution in [3.8, 4) is 0 Å². The fourth-order valence-corrected chi connectivity index (χ4v) is 8.08. The molecular weight excluding hydrogens is 542 g/mol. The Kier molecular flexibility index (Phi) is 7.62. The lowest BCUT2D eigenvalue weighted by atomic mass is 9.78. The molecule has 6 rings (SSSR count). The van der Waals surface area contributed by atoms with Crippen LogP contribution in [0.25, 0.3) is 10.2 Å². The van der Waals surface area contributed by atoms with Crippen LogP contribution in [0.15, 0.2) is 12.1 Å². The lowest BCUT2D eigenvalue weighted by molar-refractivity contribution is -0.145. The quantitative estimate of drug-likeness (QED) is 0.536. The van der Waals surface area contributed by atoms with Crippen LogP contribution in [0.3, 0.4) is 0 Å². The second-order valence-corrected chi connectivity index (χ2v) is 12.7. The molecule has 2 aromatic heterocycles. The number of likely N-dealkylation sites (tertiary alicyclic amines) is 2. The number of nitrogens with zero attached hydrogens (tertiary/aromatic N) is 5. The molecule has 41 heavy (non-hydrogen) atoms. The smallest absolute Gasteiger partial charge is 0.319 e. The van der Waals surface area contributed by atoms with Crippen molar-refractivity contribution in [1.29, 1.82) is 0 Å². The van der Waals surface area contributed by atoms with Crippen molar-refractivity contribution in [3.05, 3.63) is 23.4 Å².